The molecule has 0 saturated heterocycles. The smallest absolute Gasteiger partial charge is 0.380 e. The summed E-state index contributed by atoms with van der Waals surface area (Å²) < 4.78 is 53.1. The second-order valence-corrected chi connectivity index (χ2v) is 6.64. The molecule has 0 spiro atoms. The standard InChI is InChI=1S/C21H15F4NO/c22-18-10-15(21(23,24)25)6-7-16(18)17-12-26-11-13-8-9-20(27,19(13)17)14-4-2-1-3-5-14/h1-7,10-12,27H,8-9H2/t20-/m0/s1. The van der Waals surface area contributed by atoms with Gasteiger partial charge in [-0.3, -0.25) is 4.98 Å². The predicted octanol–water partition coefficient (Wildman–Crippen LogP) is 5.09. The Bertz CT molecular complexity index is 1000. The zero-order valence-electron chi connectivity index (χ0n) is 14.1. The molecule has 1 atom stereocenters. The van der Waals surface area contributed by atoms with E-state index in [0.29, 0.717) is 35.6 Å². The summed E-state index contributed by atoms with van der Waals surface area (Å²) in [5, 5.41) is 11.4. The second kappa shape index (κ2) is 6.16. The van der Waals surface area contributed by atoms with Gasteiger partial charge in [-0.1, -0.05) is 36.4 Å². The average Bonchev–Trinajstić information content (AvgIpc) is 3.00. The van der Waals surface area contributed by atoms with Crippen LogP contribution in [0.2, 0.25) is 0 Å². The van der Waals surface area contributed by atoms with Crippen LogP contribution in [-0.2, 0) is 18.2 Å². The van der Waals surface area contributed by atoms with Crippen LogP contribution in [0.25, 0.3) is 11.1 Å². The fourth-order valence-electron chi connectivity index (χ4n) is 3.74. The van der Waals surface area contributed by atoms with E-state index >= 15 is 0 Å². The minimum Gasteiger partial charge on any atom is -0.380 e. The molecule has 0 unspecified atom stereocenters. The molecule has 1 aliphatic rings. The quantitative estimate of drug-likeness (QED) is 0.635. The predicted molar refractivity (Wildman–Crippen MR) is 92.4 cm³/mol. The number of benzene rings is 2. The molecule has 138 valence electrons. The van der Waals surface area contributed by atoms with Crippen molar-refractivity contribution in [1.29, 1.82) is 0 Å². The number of pyridine rings is 1. The molecule has 2 nitrogen and oxygen atoms in total. The fraction of sp³-hybridized carbons (Fsp3) is 0.190. The Morgan fingerprint density at radius 2 is 1.70 bits per heavy atom. The van der Waals surface area contributed by atoms with Crippen molar-refractivity contribution in [3.63, 3.8) is 0 Å². The minimum absolute atomic E-state index is 0.0105. The first-order valence-electron chi connectivity index (χ1n) is 8.43. The number of hydrogen-bond acceptors (Lipinski definition) is 2. The number of halogens is 4. The topological polar surface area (TPSA) is 33.1 Å². The Morgan fingerprint density at radius 1 is 0.963 bits per heavy atom. The zero-order chi connectivity index (χ0) is 19.2. The maximum atomic E-state index is 14.6. The number of fused-ring (bicyclic) bond motifs is 1. The van der Waals surface area contributed by atoms with Gasteiger partial charge < -0.3 is 5.11 Å². The van der Waals surface area contributed by atoms with Crippen molar-refractivity contribution in [2.45, 2.75) is 24.6 Å². The lowest BCUT2D eigenvalue weighted by molar-refractivity contribution is -0.137. The molecule has 0 aliphatic heterocycles. The summed E-state index contributed by atoms with van der Waals surface area (Å²) in [6.45, 7) is 0. The first-order chi connectivity index (χ1) is 12.8. The summed E-state index contributed by atoms with van der Waals surface area (Å²) in [6.07, 6.45) is -0.677. The van der Waals surface area contributed by atoms with Gasteiger partial charge in [-0.05, 0) is 36.1 Å². The van der Waals surface area contributed by atoms with Crippen LogP contribution < -0.4 is 0 Å². The lowest BCUT2D eigenvalue weighted by Crippen LogP contribution is -2.24. The van der Waals surface area contributed by atoms with E-state index in [-0.39, 0.29) is 5.56 Å². The highest BCUT2D eigenvalue weighted by molar-refractivity contribution is 5.72. The molecule has 27 heavy (non-hydrogen) atoms. The van der Waals surface area contributed by atoms with Gasteiger partial charge in [0, 0.05) is 29.1 Å². The number of hydrogen-bond donors (Lipinski definition) is 1. The van der Waals surface area contributed by atoms with Crippen LogP contribution in [0.4, 0.5) is 17.6 Å². The molecule has 3 aromatic rings. The van der Waals surface area contributed by atoms with Crippen LogP contribution in [0.3, 0.4) is 0 Å². The first kappa shape index (κ1) is 17.7. The van der Waals surface area contributed by atoms with Crippen LogP contribution in [0.5, 0.6) is 0 Å². The van der Waals surface area contributed by atoms with Crippen molar-refractivity contribution < 1.29 is 22.7 Å². The number of aliphatic hydroxyl groups is 1. The molecular formula is C21H15F4NO. The van der Waals surface area contributed by atoms with Gasteiger partial charge in [0.15, 0.2) is 0 Å². The lowest BCUT2D eigenvalue weighted by atomic mass is 9.84. The molecular weight excluding hydrogens is 358 g/mol. The van der Waals surface area contributed by atoms with Crippen molar-refractivity contribution in [1.82, 2.24) is 4.98 Å². The maximum absolute atomic E-state index is 14.6. The summed E-state index contributed by atoms with van der Waals surface area (Å²) in [5.41, 5.74) is -0.179. The molecule has 1 heterocycles. The summed E-state index contributed by atoms with van der Waals surface area (Å²) in [4.78, 5) is 4.10. The molecule has 0 amide bonds. The second-order valence-electron chi connectivity index (χ2n) is 6.64. The Labute approximate surface area is 153 Å². The third-order valence-electron chi connectivity index (χ3n) is 5.03. The molecule has 4 rings (SSSR count). The SMILES string of the molecule is O[C@]1(c2ccccc2)CCc2cncc(-c3ccc(C(F)(F)F)cc3F)c21. The highest BCUT2D eigenvalue weighted by Crippen LogP contribution is 2.46. The number of nitrogens with zero attached hydrogens (tertiary/aromatic N) is 1. The van der Waals surface area contributed by atoms with E-state index in [9.17, 15) is 22.7 Å². The van der Waals surface area contributed by atoms with Crippen molar-refractivity contribution >= 4 is 0 Å². The largest absolute Gasteiger partial charge is 0.416 e. The Kier molecular flexibility index (Phi) is 4.03. The van der Waals surface area contributed by atoms with Crippen molar-refractivity contribution in [2.75, 3.05) is 0 Å². The summed E-state index contributed by atoms with van der Waals surface area (Å²) in [6, 6.07) is 11.4. The number of aromatic nitrogens is 1. The van der Waals surface area contributed by atoms with Gasteiger partial charge in [-0.2, -0.15) is 13.2 Å². The first-order valence-corrected chi connectivity index (χ1v) is 8.43. The third-order valence-corrected chi connectivity index (χ3v) is 5.03. The van der Waals surface area contributed by atoms with Gasteiger partial charge in [-0.25, -0.2) is 4.39 Å². The normalized spacial score (nSPS) is 19.1. The number of rotatable bonds is 2. The molecule has 1 aliphatic carbocycles. The third kappa shape index (κ3) is 2.90. The summed E-state index contributed by atoms with van der Waals surface area (Å²) in [7, 11) is 0. The van der Waals surface area contributed by atoms with Crippen LogP contribution >= 0.6 is 0 Å². The van der Waals surface area contributed by atoms with Crippen molar-refractivity contribution in [2.24, 2.45) is 0 Å². The van der Waals surface area contributed by atoms with Crippen LogP contribution in [0, 0.1) is 5.82 Å². The summed E-state index contributed by atoms with van der Waals surface area (Å²) >= 11 is 0. The lowest BCUT2D eigenvalue weighted by Gasteiger charge is -2.27. The van der Waals surface area contributed by atoms with Crippen LogP contribution in [0.1, 0.15) is 28.7 Å². The van der Waals surface area contributed by atoms with E-state index < -0.39 is 23.2 Å². The van der Waals surface area contributed by atoms with E-state index in [0.717, 1.165) is 17.7 Å². The van der Waals surface area contributed by atoms with E-state index in [1.54, 1.807) is 30.5 Å². The van der Waals surface area contributed by atoms with E-state index in [1.807, 2.05) is 6.07 Å². The number of alkyl halides is 3. The molecule has 0 radical (unpaired) electrons. The molecule has 6 heteroatoms. The van der Waals surface area contributed by atoms with Crippen molar-refractivity contribution in [3.05, 3.63) is 89.0 Å². The van der Waals surface area contributed by atoms with E-state index in [4.69, 9.17) is 0 Å². The fourth-order valence-corrected chi connectivity index (χ4v) is 3.74. The molecule has 0 saturated carbocycles. The van der Waals surface area contributed by atoms with Crippen molar-refractivity contribution in [3.8, 4) is 11.1 Å². The van der Waals surface area contributed by atoms with E-state index in [2.05, 4.69) is 4.98 Å². The Balaban J connectivity index is 1.90. The Hall–Kier alpha value is -2.73. The zero-order valence-corrected chi connectivity index (χ0v) is 14.1. The monoisotopic (exact) mass is 373 g/mol. The molecule has 1 N–H and O–H groups in total. The molecule has 0 fully saturated rings. The van der Waals surface area contributed by atoms with Gasteiger partial charge in [0.05, 0.1) is 5.56 Å². The molecule has 1 aromatic heterocycles. The highest BCUT2D eigenvalue weighted by Gasteiger charge is 2.41. The Morgan fingerprint density at radius 3 is 2.37 bits per heavy atom. The van der Waals surface area contributed by atoms with E-state index in [1.165, 1.54) is 6.20 Å². The average molecular weight is 373 g/mol. The summed E-state index contributed by atoms with van der Waals surface area (Å²) in [5.74, 6) is -0.998. The maximum Gasteiger partial charge on any atom is 0.416 e. The number of aryl methyl sites for hydroxylation is 1. The highest BCUT2D eigenvalue weighted by atomic mass is 19.4. The van der Waals surface area contributed by atoms with Gasteiger partial charge >= 0.3 is 6.18 Å². The van der Waals surface area contributed by atoms with Gasteiger partial charge in [0.25, 0.3) is 0 Å². The van der Waals surface area contributed by atoms with Gasteiger partial charge in [0.2, 0.25) is 0 Å². The molecule has 2 aromatic carbocycles. The van der Waals surface area contributed by atoms with Gasteiger partial charge in [-0.15, -0.1) is 0 Å². The van der Waals surface area contributed by atoms with Crippen LogP contribution in [-0.4, -0.2) is 10.1 Å². The van der Waals surface area contributed by atoms with Crippen LogP contribution in [0.15, 0.2) is 60.9 Å². The minimum atomic E-state index is -4.62. The van der Waals surface area contributed by atoms with Gasteiger partial charge in [0.1, 0.15) is 11.4 Å². The molecule has 0 bridgehead atoms.